The summed E-state index contributed by atoms with van der Waals surface area (Å²) in [5, 5.41) is 2.80. The van der Waals surface area contributed by atoms with Crippen molar-refractivity contribution in [2.75, 3.05) is 26.6 Å². The first kappa shape index (κ1) is 18.4. The fourth-order valence-electron chi connectivity index (χ4n) is 2.67. The van der Waals surface area contributed by atoms with Crippen molar-refractivity contribution in [1.29, 1.82) is 0 Å². The molecule has 0 aliphatic heterocycles. The number of methoxy groups -OCH3 is 3. The highest BCUT2D eigenvalue weighted by atomic mass is 16.5. The molecule has 2 aromatic rings. The molecular weight excluding hydrogens is 318 g/mol. The third kappa shape index (κ3) is 4.12. The van der Waals surface area contributed by atoms with Crippen molar-refractivity contribution in [2.24, 2.45) is 0 Å². The van der Waals surface area contributed by atoms with Gasteiger partial charge in [0.05, 0.1) is 27.0 Å². The summed E-state index contributed by atoms with van der Waals surface area (Å²) in [6.07, 6.45) is 2.01. The highest BCUT2D eigenvalue weighted by Crippen LogP contribution is 2.35. The minimum absolute atomic E-state index is 0.149. The molecule has 0 fully saturated rings. The molecular formula is C20H23NO4. The zero-order valence-corrected chi connectivity index (χ0v) is 15.2. The van der Waals surface area contributed by atoms with Crippen molar-refractivity contribution < 1.29 is 19.0 Å². The number of nitrogens with one attached hydrogen (secondary N) is 1. The largest absolute Gasteiger partial charge is 0.495 e. The Hall–Kier alpha value is -2.95. The molecule has 2 aromatic carbocycles. The number of hydrogen-bond acceptors (Lipinski definition) is 4. The van der Waals surface area contributed by atoms with Crippen molar-refractivity contribution in [3.05, 3.63) is 53.6 Å². The lowest BCUT2D eigenvalue weighted by molar-refractivity contribution is -0.114. The third-order valence-corrected chi connectivity index (χ3v) is 3.80. The number of rotatable bonds is 6. The average molecular weight is 341 g/mol. The molecule has 0 aliphatic rings. The van der Waals surface area contributed by atoms with Gasteiger partial charge in [0.15, 0.2) is 11.5 Å². The van der Waals surface area contributed by atoms with Gasteiger partial charge in [0.25, 0.3) is 0 Å². The van der Waals surface area contributed by atoms with E-state index in [1.807, 2.05) is 49.4 Å². The normalized spacial score (nSPS) is 11.0. The summed E-state index contributed by atoms with van der Waals surface area (Å²) in [6.45, 7) is 3.44. The monoisotopic (exact) mass is 341 g/mol. The number of amides is 1. The Morgan fingerprint density at radius 3 is 1.96 bits per heavy atom. The number of hydrogen-bond donors (Lipinski definition) is 1. The van der Waals surface area contributed by atoms with Crippen molar-refractivity contribution in [2.45, 2.75) is 13.8 Å². The SMILES string of the molecule is CC=C(c1ccc(OC)c(NC(C)=O)c1)c1ccc(OC)c(OC)c1. The van der Waals surface area contributed by atoms with Crippen LogP contribution in [-0.4, -0.2) is 27.2 Å². The second kappa shape index (κ2) is 8.24. The molecule has 25 heavy (non-hydrogen) atoms. The fraction of sp³-hybridized carbons (Fsp3) is 0.250. The first-order chi connectivity index (χ1) is 12.0. The molecule has 5 heteroatoms. The maximum atomic E-state index is 11.4. The van der Waals surface area contributed by atoms with Crippen LogP contribution in [0.1, 0.15) is 25.0 Å². The molecule has 0 atom stereocenters. The number of anilines is 1. The number of carbonyl (C=O) groups excluding carboxylic acids is 1. The predicted octanol–water partition coefficient (Wildman–Crippen LogP) is 4.12. The zero-order valence-electron chi connectivity index (χ0n) is 15.2. The second-order valence-electron chi connectivity index (χ2n) is 5.37. The highest BCUT2D eigenvalue weighted by molar-refractivity contribution is 5.92. The molecule has 0 bridgehead atoms. The van der Waals surface area contributed by atoms with Gasteiger partial charge in [0.2, 0.25) is 5.91 Å². The van der Waals surface area contributed by atoms with E-state index in [2.05, 4.69) is 5.32 Å². The maximum absolute atomic E-state index is 11.4. The average Bonchev–Trinajstić information content (AvgIpc) is 2.62. The van der Waals surface area contributed by atoms with E-state index in [0.717, 1.165) is 16.7 Å². The van der Waals surface area contributed by atoms with Crippen LogP contribution < -0.4 is 19.5 Å². The molecule has 0 aromatic heterocycles. The molecule has 5 nitrogen and oxygen atoms in total. The van der Waals surface area contributed by atoms with Gasteiger partial charge in [-0.3, -0.25) is 4.79 Å². The summed E-state index contributed by atoms with van der Waals surface area (Å²) in [4.78, 5) is 11.4. The molecule has 0 saturated carbocycles. The van der Waals surface area contributed by atoms with Gasteiger partial charge in [-0.1, -0.05) is 18.2 Å². The van der Waals surface area contributed by atoms with Gasteiger partial charge in [0, 0.05) is 6.92 Å². The van der Waals surface area contributed by atoms with E-state index in [0.29, 0.717) is 22.9 Å². The Balaban J connectivity index is 2.49. The number of ether oxygens (including phenoxy) is 3. The van der Waals surface area contributed by atoms with Crippen LogP contribution >= 0.6 is 0 Å². The van der Waals surface area contributed by atoms with E-state index in [1.54, 1.807) is 21.3 Å². The Labute approximate surface area is 148 Å². The van der Waals surface area contributed by atoms with E-state index in [9.17, 15) is 4.79 Å². The highest BCUT2D eigenvalue weighted by Gasteiger charge is 2.12. The van der Waals surface area contributed by atoms with Gasteiger partial charge in [-0.25, -0.2) is 0 Å². The molecule has 0 aliphatic carbocycles. The molecule has 0 spiro atoms. The molecule has 1 amide bonds. The van der Waals surface area contributed by atoms with Gasteiger partial charge in [0.1, 0.15) is 5.75 Å². The zero-order chi connectivity index (χ0) is 18.4. The minimum atomic E-state index is -0.149. The Morgan fingerprint density at radius 1 is 0.880 bits per heavy atom. The minimum Gasteiger partial charge on any atom is -0.495 e. The number of benzene rings is 2. The van der Waals surface area contributed by atoms with Crippen LogP contribution in [0, 0.1) is 0 Å². The first-order valence-corrected chi connectivity index (χ1v) is 7.88. The van der Waals surface area contributed by atoms with Gasteiger partial charge in [-0.15, -0.1) is 0 Å². The Morgan fingerprint density at radius 2 is 1.44 bits per heavy atom. The van der Waals surface area contributed by atoms with Gasteiger partial charge < -0.3 is 19.5 Å². The maximum Gasteiger partial charge on any atom is 0.221 e. The number of allylic oxidation sites excluding steroid dienone is 1. The van der Waals surface area contributed by atoms with E-state index in [1.165, 1.54) is 6.92 Å². The molecule has 2 rings (SSSR count). The molecule has 0 saturated heterocycles. The summed E-state index contributed by atoms with van der Waals surface area (Å²) < 4.78 is 16.0. The smallest absolute Gasteiger partial charge is 0.221 e. The Kier molecular flexibility index (Phi) is 6.06. The second-order valence-corrected chi connectivity index (χ2v) is 5.37. The van der Waals surface area contributed by atoms with Crippen LogP contribution in [0.25, 0.3) is 5.57 Å². The summed E-state index contributed by atoms with van der Waals surface area (Å²) in [5.74, 6) is 1.80. The van der Waals surface area contributed by atoms with Gasteiger partial charge in [-0.2, -0.15) is 0 Å². The molecule has 0 heterocycles. The van der Waals surface area contributed by atoms with Crippen molar-refractivity contribution in [3.8, 4) is 17.2 Å². The summed E-state index contributed by atoms with van der Waals surface area (Å²) in [5.41, 5.74) is 3.58. The van der Waals surface area contributed by atoms with Crippen LogP contribution in [0.15, 0.2) is 42.5 Å². The van der Waals surface area contributed by atoms with Crippen molar-refractivity contribution in [3.63, 3.8) is 0 Å². The standard InChI is InChI=1S/C20H23NO4/c1-6-16(15-8-10-19(24-4)20(12-15)25-5)14-7-9-18(23-3)17(11-14)21-13(2)22/h6-12H,1-5H3,(H,21,22). The van der Waals surface area contributed by atoms with Crippen molar-refractivity contribution in [1.82, 2.24) is 0 Å². The molecule has 132 valence electrons. The van der Waals surface area contributed by atoms with E-state index < -0.39 is 0 Å². The lowest BCUT2D eigenvalue weighted by Gasteiger charge is -2.15. The van der Waals surface area contributed by atoms with E-state index >= 15 is 0 Å². The lowest BCUT2D eigenvalue weighted by Crippen LogP contribution is -2.07. The van der Waals surface area contributed by atoms with Crippen LogP contribution in [0.5, 0.6) is 17.2 Å². The van der Waals surface area contributed by atoms with Crippen LogP contribution in [-0.2, 0) is 4.79 Å². The van der Waals surface area contributed by atoms with Crippen LogP contribution in [0.3, 0.4) is 0 Å². The third-order valence-electron chi connectivity index (χ3n) is 3.80. The van der Waals surface area contributed by atoms with E-state index in [-0.39, 0.29) is 5.91 Å². The fourth-order valence-corrected chi connectivity index (χ4v) is 2.67. The lowest BCUT2D eigenvalue weighted by atomic mass is 9.96. The Bertz CT molecular complexity index is 796. The van der Waals surface area contributed by atoms with Crippen molar-refractivity contribution >= 4 is 17.2 Å². The van der Waals surface area contributed by atoms with Crippen LogP contribution in [0.2, 0.25) is 0 Å². The predicted molar refractivity (Wildman–Crippen MR) is 99.6 cm³/mol. The molecule has 0 unspecified atom stereocenters. The summed E-state index contributed by atoms with van der Waals surface area (Å²) in [7, 11) is 4.79. The quantitative estimate of drug-likeness (QED) is 0.858. The first-order valence-electron chi connectivity index (χ1n) is 7.88. The molecule has 1 N–H and O–H groups in total. The van der Waals surface area contributed by atoms with E-state index in [4.69, 9.17) is 14.2 Å². The molecule has 0 radical (unpaired) electrons. The van der Waals surface area contributed by atoms with Gasteiger partial charge >= 0.3 is 0 Å². The number of carbonyl (C=O) groups is 1. The topological polar surface area (TPSA) is 56.8 Å². The van der Waals surface area contributed by atoms with Gasteiger partial charge in [-0.05, 0) is 47.9 Å². The summed E-state index contributed by atoms with van der Waals surface area (Å²) in [6, 6.07) is 11.5. The van der Waals surface area contributed by atoms with Crippen LogP contribution in [0.4, 0.5) is 5.69 Å². The summed E-state index contributed by atoms with van der Waals surface area (Å²) >= 11 is 0.